The summed E-state index contributed by atoms with van der Waals surface area (Å²) in [5, 5.41) is 0. The van der Waals surface area contributed by atoms with Crippen molar-refractivity contribution >= 4 is 5.97 Å². The molecule has 2 atom stereocenters. The summed E-state index contributed by atoms with van der Waals surface area (Å²) >= 11 is 0. The summed E-state index contributed by atoms with van der Waals surface area (Å²) in [6.07, 6.45) is 2.84. The Hall–Kier alpha value is -2.13. The molecule has 2 unspecified atom stereocenters. The Morgan fingerprint density at radius 2 is 1.75 bits per heavy atom. The lowest BCUT2D eigenvalue weighted by atomic mass is 9.88. The Kier molecular flexibility index (Phi) is 5.65. The molecular formula is C21H25NO2. The van der Waals surface area contributed by atoms with E-state index in [0.717, 1.165) is 32.4 Å². The third-order valence-electron chi connectivity index (χ3n) is 4.76. The highest BCUT2D eigenvalue weighted by atomic mass is 16.6. The van der Waals surface area contributed by atoms with Crippen LogP contribution >= 0.6 is 0 Å². The van der Waals surface area contributed by atoms with Crippen molar-refractivity contribution in [1.29, 1.82) is 0 Å². The largest absolute Gasteiger partial charge is 0.446 e. The van der Waals surface area contributed by atoms with Crippen LogP contribution < -0.4 is 0 Å². The second-order valence-corrected chi connectivity index (χ2v) is 6.47. The maximum atomic E-state index is 11.5. The van der Waals surface area contributed by atoms with Gasteiger partial charge in [0.05, 0.1) is 0 Å². The Morgan fingerprint density at radius 3 is 2.42 bits per heavy atom. The Morgan fingerprint density at radius 1 is 1.08 bits per heavy atom. The molecule has 0 radical (unpaired) electrons. The van der Waals surface area contributed by atoms with Gasteiger partial charge in [-0.05, 0) is 29.9 Å². The average molecular weight is 323 g/mol. The van der Waals surface area contributed by atoms with E-state index < -0.39 is 0 Å². The highest BCUT2D eigenvalue weighted by Crippen LogP contribution is 2.32. The summed E-state index contributed by atoms with van der Waals surface area (Å²) < 4.78 is 5.63. The predicted octanol–water partition coefficient (Wildman–Crippen LogP) is 4.00. The molecule has 1 fully saturated rings. The quantitative estimate of drug-likeness (QED) is 0.779. The van der Waals surface area contributed by atoms with E-state index in [4.69, 9.17) is 4.74 Å². The molecule has 3 heteroatoms. The van der Waals surface area contributed by atoms with Gasteiger partial charge in [-0.3, -0.25) is 9.69 Å². The number of hydrogen-bond acceptors (Lipinski definition) is 3. The minimum atomic E-state index is -0.196. The summed E-state index contributed by atoms with van der Waals surface area (Å²) in [6.45, 7) is 3.38. The van der Waals surface area contributed by atoms with Crippen molar-refractivity contribution in [3.8, 4) is 0 Å². The first-order chi connectivity index (χ1) is 11.7. The highest BCUT2D eigenvalue weighted by Gasteiger charge is 2.31. The van der Waals surface area contributed by atoms with E-state index in [2.05, 4.69) is 53.4 Å². The van der Waals surface area contributed by atoms with E-state index in [0.29, 0.717) is 5.92 Å². The highest BCUT2D eigenvalue weighted by molar-refractivity contribution is 5.66. The van der Waals surface area contributed by atoms with Gasteiger partial charge in [0.1, 0.15) is 0 Å². The number of hydrogen-bond donors (Lipinski definition) is 0. The fraction of sp³-hybridized carbons (Fsp3) is 0.381. The summed E-state index contributed by atoms with van der Waals surface area (Å²) in [5.41, 5.74) is 2.67. The molecule has 0 saturated carbocycles. The van der Waals surface area contributed by atoms with Crippen molar-refractivity contribution in [2.75, 3.05) is 13.1 Å². The number of likely N-dealkylation sites (tertiary alicyclic amines) is 1. The molecule has 0 N–H and O–H groups in total. The number of benzene rings is 2. The third kappa shape index (κ3) is 4.45. The third-order valence-corrected chi connectivity index (χ3v) is 4.76. The number of nitrogens with zero attached hydrogens (tertiary/aromatic N) is 1. The predicted molar refractivity (Wildman–Crippen MR) is 95.7 cm³/mol. The normalized spacial score (nSPS) is 21.4. The zero-order valence-electron chi connectivity index (χ0n) is 14.2. The number of piperidine rings is 1. The van der Waals surface area contributed by atoms with Crippen LogP contribution in [0.3, 0.4) is 0 Å². The van der Waals surface area contributed by atoms with Gasteiger partial charge in [-0.15, -0.1) is 0 Å². The molecule has 0 aromatic heterocycles. The van der Waals surface area contributed by atoms with Crippen LogP contribution in [0.1, 0.15) is 36.8 Å². The lowest BCUT2D eigenvalue weighted by Crippen LogP contribution is -2.45. The van der Waals surface area contributed by atoms with Gasteiger partial charge in [0.15, 0.2) is 6.23 Å². The fourth-order valence-electron chi connectivity index (χ4n) is 3.49. The van der Waals surface area contributed by atoms with Gasteiger partial charge in [0.2, 0.25) is 0 Å². The number of carbonyl (C=O) groups excluding carboxylic acids is 1. The molecule has 3 nitrogen and oxygen atoms in total. The zero-order chi connectivity index (χ0) is 16.8. The first kappa shape index (κ1) is 16.7. The first-order valence-corrected chi connectivity index (χ1v) is 8.72. The molecule has 0 amide bonds. The summed E-state index contributed by atoms with van der Waals surface area (Å²) in [6, 6.07) is 21.0. The van der Waals surface area contributed by atoms with Crippen LogP contribution in [0.5, 0.6) is 0 Å². The number of esters is 1. The zero-order valence-corrected chi connectivity index (χ0v) is 14.2. The van der Waals surface area contributed by atoms with Crippen LogP contribution in [0.2, 0.25) is 0 Å². The molecule has 1 aliphatic rings. The van der Waals surface area contributed by atoms with E-state index in [9.17, 15) is 4.79 Å². The van der Waals surface area contributed by atoms with Crippen molar-refractivity contribution in [2.24, 2.45) is 0 Å². The fourth-order valence-corrected chi connectivity index (χ4v) is 3.49. The average Bonchev–Trinajstić information content (AvgIpc) is 2.62. The van der Waals surface area contributed by atoms with Crippen molar-refractivity contribution in [1.82, 2.24) is 4.90 Å². The molecule has 0 spiro atoms. The van der Waals surface area contributed by atoms with Crippen molar-refractivity contribution in [3.05, 3.63) is 71.8 Å². The second-order valence-electron chi connectivity index (χ2n) is 6.47. The van der Waals surface area contributed by atoms with E-state index in [1.54, 1.807) is 0 Å². The minimum absolute atomic E-state index is 0.120. The van der Waals surface area contributed by atoms with E-state index in [1.807, 2.05) is 12.1 Å². The molecule has 1 heterocycles. The van der Waals surface area contributed by atoms with Crippen LogP contribution in [0.4, 0.5) is 0 Å². The molecule has 1 saturated heterocycles. The van der Waals surface area contributed by atoms with Crippen LogP contribution in [-0.4, -0.2) is 30.2 Å². The molecule has 0 bridgehead atoms. The molecule has 1 aliphatic heterocycles. The van der Waals surface area contributed by atoms with Gasteiger partial charge in [-0.1, -0.05) is 60.7 Å². The summed E-state index contributed by atoms with van der Waals surface area (Å²) in [7, 11) is 0. The van der Waals surface area contributed by atoms with Gasteiger partial charge in [0.25, 0.3) is 0 Å². The maximum Gasteiger partial charge on any atom is 0.304 e. The van der Waals surface area contributed by atoms with E-state index in [1.165, 1.54) is 18.1 Å². The molecule has 0 aliphatic carbocycles. The van der Waals surface area contributed by atoms with Crippen LogP contribution in [0.15, 0.2) is 60.7 Å². The van der Waals surface area contributed by atoms with Gasteiger partial charge < -0.3 is 4.74 Å². The van der Waals surface area contributed by atoms with Gasteiger partial charge >= 0.3 is 5.97 Å². The van der Waals surface area contributed by atoms with Crippen LogP contribution in [0.25, 0.3) is 0 Å². The minimum Gasteiger partial charge on any atom is -0.446 e. The standard InChI is InChI=1S/C21H25NO2/c1-17(23)24-21-16-20(19-10-6-3-7-11-19)13-15-22(21)14-12-18-8-4-2-5-9-18/h2-11,20-21H,12-16H2,1H3. The Bertz CT molecular complexity index is 641. The van der Waals surface area contributed by atoms with E-state index in [-0.39, 0.29) is 12.2 Å². The Labute approximate surface area is 144 Å². The molecule has 126 valence electrons. The maximum absolute atomic E-state index is 11.5. The van der Waals surface area contributed by atoms with Crippen molar-refractivity contribution in [2.45, 2.75) is 38.3 Å². The van der Waals surface area contributed by atoms with Gasteiger partial charge in [0, 0.05) is 26.4 Å². The number of rotatable bonds is 5. The second kappa shape index (κ2) is 8.11. The van der Waals surface area contributed by atoms with Crippen LogP contribution in [-0.2, 0) is 16.0 Å². The SMILES string of the molecule is CC(=O)OC1CC(c2ccccc2)CCN1CCc1ccccc1. The molecular weight excluding hydrogens is 298 g/mol. The van der Waals surface area contributed by atoms with Crippen LogP contribution in [0, 0.1) is 0 Å². The number of carbonyl (C=O) groups is 1. The first-order valence-electron chi connectivity index (χ1n) is 8.72. The van der Waals surface area contributed by atoms with Gasteiger partial charge in [-0.2, -0.15) is 0 Å². The Balaban J connectivity index is 1.64. The van der Waals surface area contributed by atoms with Crippen molar-refractivity contribution in [3.63, 3.8) is 0 Å². The van der Waals surface area contributed by atoms with Crippen molar-refractivity contribution < 1.29 is 9.53 Å². The summed E-state index contributed by atoms with van der Waals surface area (Å²) in [4.78, 5) is 13.8. The molecule has 2 aromatic carbocycles. The van der Waals surface area contributed by atoms with Gasteiger partial charge in [-0.25, -0.2) is 0 Å². The molecule has 24 heavy (non-hydrogen) atoms. The topological polar surface area (TPSA) is 29.5 Å². The van der Waals surface area contributed by atoms with E-state index >= 15 is 0 Å². The lowest BCUT2D eigenvalue weighted by molar-refractivity contribution is -0.160. The number of ether oxygens (including phenoxy) is 1. The summed E-state index contributed by atoms with van der Waals surface area (Å²) in [5.74, 6) is 0.266. The monoisotopic (exact) mass is 323 g/mol. The lowest BCUT2D eigenvalue weighted by Gasteiger charge is -2.38. The molecule has 2 aromatic rings. The smallest absolute Gasteiger partial charge is 0.304 e. The molecule has 3 rings (SSSR count).